The van der Waals surface area contributed by atoms with Gasteiger partial charge in [0.25, 0.3) is 5.56 Å². The monoisotopic (exact) mass is 410 g/mol. The number of H-pyrrole nitrogens is 1. The first-order chi connectivity index (χ1) is 13.8. The number of ether oxygens (including phenoxy) is 1. The van der Waals surface area contributed by atoms with Crippen molar-refractivity contribution in [1.29, 1.82) is 0 Å². The van der Waals surface area contributed by atoms with Crippen LogP contribution in [0.25, 0.3) is 11.0 Å². The van der Waals surface area contributed by atoms with Gasteiger partial charge in [-0.25, -0.2) is 14.1 Å². The third kappa shape index (κ3) is 4.78. The van der Waals surface area contributed by atoms with E-state index in [1.807, 2.05) is 27.7 Å². The Morgan fingerprint density at radius 3 is 2.31 bits per heavy atom. The van der Waals surface area contributed by atoms with Crippen molar-refractivity contribution in [2.45, 2.75) is 53.9 Å². The van der Waals surface area contributed by atoms with Gasteiger partial charge in [0.1, 0.15) is 29.3 Å². The molecule has 9 heteroatoms. The zero-order valence-electron chi connectivity index (χ0n) is 17.0. The number of benzene rings is 1. The van der Waals surface area contributed by atoms with Crippen LogP contribution in [0.15, 0.2) is 29.1 Å². The quantitative estimate of drug-likeness (QED) is 0.635. The van der Waals surface area contributed by atoms with E-state index < -0.39 is 18.8 Å². The number of nitrogens with zero attached hydrogens (tertiary/aromatic N) is 3. The van der Waals surface area contributed by atoms with Gasteiger partial charge >= 0.3 is 6.61 Å². The summed E-state index contributed by atoms with van der Waals surface area (Å²) in [5, 5.41) is 4.40. The van der Waals surface area contributed by atoms with Gasteiger partial charge in [-0.2, -0.15) is 13.9 Å². The predicted molar refractivity (Wildman–Crippen MR) is 105 cm³/mol. The number of aryl methyl sites for hydroxylation is 1. The number of aromatic amines is 1. The van der Waals surface area contributed by atoms with Gasteiger partial charge < -0.3 is 9.72 Å². The summed E-state index contributed by atoms with van der Waals surface area (Å²) in [5.41, 5.74) is 0.610. The number of nitrogens with one attached hydrogen (secondary N) is 1. The molecular weight excluding hydrogens is 385 g/mol. The van der Waals surface area contributed by atoms with Gasteiger partial charge in [-0.15, -0.1) is 0 Å². The smallest absolute Gasteiger partial charge is 0.387 e. The van der Waals surface area contributed by atoms with Crippen LogP contribution in [0.1, 0.15) is 50.8 Å². The normalized spacial score (nSPS) is 12.2. The molecule has 158 valence electrons. The Morgan fingerprint density at radius 1 is 1.17 bits per heavy atom. The molecule has 0 saturated carbocycles. The van der Waals surface area contributed by atoms with Crippen LogP contribution in [0.4, 0.5) is 13.2 Å². The molecule has 0 fully saturated rings. The standard InChI is InChI=1S/C18H19F3N4O2.C2H6/c1-9(2)15(11-4-6-12(7-5-11)27-18(20)21)25-16-14(13(8-19)24-25)17(26)23-10(3)22-16;1-2/h4-7,9,15,18H,8H2,1-3H3,(H,22,23,26);1-2H3. The summed E-state index contributed by atoms with van der Waals surface area (Å²) in [4.78, 5) is 19.2. The molecule has 0 bridgehead atoms. The Balaban J connectivity index is 0.00000145. The van der Waals surface area contributed by atoms with Crippen molar-refractivity contribution in [1.82, 2.24) is 19.7 Å². The lowest BCUT2D eigenvalue weighted by atomic mass is 9.96. The average Bonchev–Trinajstić information content (AvgIpc) is 3.03. The van der Waals surface area contributed by atoms with E-state index in [4.69, 9.17) is 0 Å². The fourth-order valence-electron chi connectivity index (χ4n) is 3.17. The topological polar surface area (TPSA) is 72.8 Å². The van der Waals surface area contributed by atoms with Crippen molar-refractivity contribution < 1.29 is 17.9 Å². The first-order valence-corrected chi connectivity index (χ1v) is 9.40. The van der Waals surface area contributed by atoms with Gasteiger partial charge in [0.2, 0.25) is 0 Å². The Hall–Kier alpha value is -2.84. The molecule has 0 aliphatic carbocycles. The molecule has 2 aromatic heterocycles. The molecular formula is C20H25F3N4O2. The molecule has 0 aliphatic rings. The van der Waals surface area contributed by atoms with Crippen LogP contribution >= 0.6 is 0 Å². The van der Waals surface area contributed by atoms with Gasteiger partial charge in [-0.3, -0.25) is 4.79 Å². The van der Waals surface area contributed by atoms with Crippen LogP contribution in [0.2, 0.25) is 0 Å². The summed E-state index contributed by atoms with van der Waals surface area (Å²) < 4.78 is 44.1. The maximum absolute atomic E-state index is 13.4. The number of halogens is 3. The zero-order chi connectivity index (χ0) is 21.7. The molecule has 3 rings (SSSR count). The molecule has 1 unspecified atom stereocenters. The Labute approximate surface area is 166 Å². The summed E-state index contributed by atoms with van der Waals surface area (Å²) in [6, 6.07) is 5.78. The first kappa shape index (κ1) is 22.4. The molecule has 0 spiro atoms. The fourth-order valence-corrected chi connectivity index (χ4v) is 3.17. The van der Waals surface area contributed by atoms with Crippen LogP contribution in [0.5, 0.6) is 5.75 Å². The predicted octanol–water partition coefficient (Wildman–Crippen LogP) is 4.77. The minimum absolute atomic E-state index is 0.00354. The van der Waals surface area contributed by atoms with E-state index in [1.165, 1.54) is 16.8 Å². The molecule has 0 aliphatic heterocycles. The van der Waals surface area contributed by atoms with E-state index in [2.05, 4.69) is 19.8 Å². The van der Waals surface area contributed by atoms with Crippen LogP contribution in [-0.2, 0) is 6.67 Å². The van der Waals surface area contributed by atoms with E-state index in [0.29, 0.717) is 5.82 Å². The van der Waals surface area contributed by atoms with E-state index in [-0.39, 0.29) is 34.4 Å². The van der Waals surface area contributed by atoms with Crippen molar-refractivity contribution >= 4 is 11.0 Å². The van der Waals surface area contributed by atoms with Crippen LogP contribution in [0.3, 0.4) is 0 Å². The molecule has 6 nitrogen and oxygen atoms in total. The third-order valence-corrected chi connectivity index (χ3v) is 4.22. The Kier molecular flexibility index (Phi) is 7.41. The van der Waals surface area contributed by atoms with Crippen LogP contribution < -0.4 is 10.3 Å². The average molecular weight is 410 g/mol. The SMILES string of the molecule is CC.Cc1nc2c(c(CF)nn2C(c2ccc(OC(F)F)cc2)C(C)C)c(=O)[nH]1. The van der Waals surface area contributed by atoms with Gasteiger partial charge in [0, 0.05) is 0 Å². The highest BCUT2D eigenvalue weighted by molar-refractivity contribution is 5.77. The molecule has 1 aromatic carbocycles. The van der Waals surface area contributed by atoms with E-state index in [0.717, 1.165) is 5.56 Å². The number of hydrogen-bond acceptors (Lipinski definition) is 4. The van der Waals surface area contributed by atoms with Crippen molar-refractivity contribution in [3.8, 4) is 5.75 Å². The zero-order valence-corrected chi connectivity index (χ0v) is 17.0. The van der Waals surface area contributed by atoms with Crippen LogP contribution in [-0.4, -0.2) is 26.4 Å². The molecule has 0 amide bonds. The minimum atomic E-state index is -2.90. The number of alkyl halides is 3. The van der Waals surface area contributed by atoms with Crippen molar-refractivity contribution in [3.05, 3.63) is 51.7 Å². The second-order valence-electron chi connectivity index (χ2n) is 6.51. The Morgan fingerprint density at radius 2 is 1.79 bits per heavy atom. The molecule has 0 radical (unpaired) electrons. The first-order valence-electron chi connectivity index (χ1n) is 9.40. The maximum Gasteiger partial charge on any atom is 0.387 e. The number of hydrogen-bond donors (Lipinski definition) is 1. The molecule has 1 atom stereocenters. The molecule has 29 heavy (non-hydrogen) atoms. The second kappa shape index (κ2) is 9.58. The maximum atomic E-state index is 13.4. The molecule has 2 heterocycles. The van der Waals surface area contributed by atoms with Gasteiger partial charge in [0.05, 0.1) is 6.04 Å². The summed E-state index contributed by atoms with van der Waals surface area (Å²) in [6.07, 6.45) is 0. The molecule has 0 saturated heterocycles. The van der Waals surface area contributed by atoms with Crippen molar-refractivity contribution in [2.24, 2.45) is 5.92 Å². The number of aromatic nitrogens is 4. The lowest BCUT2D eigenvalue weighted by molar-refractivity contribution is -0.0498. The van der Waals surface area contributed by atoms with E-state index in [9.17, 15) is 18.0 Å². The highest BCUT2D eigenvalue weighted by atomic mass is 19.3. The van der Waals surface area contributed by atoms with Crippen LogP contribution in [0, 0.1) is 12.8 Å². The summed E-state index contributed by atoms with van der Waals surface area (Å²) in [6.45, 7) is 5.71. The number of rotatable bonds is 6. The fraction of sp³-hybridized carbons (Fsp3) is 0.450. The largest absolute Gasteiger partial charge is 0.435 e. The Bertz CT molecular complexity index is 997. The summed E-state index contributed by atoms with van der Waals surface area (Å²) >= 11 is 0. The summed E-state index contributed by atoms with van der Waals surface area (Å²) in [7, 11) is 0. The second-order valence-corrected chi connectivity index (χ2v) is 6.51. The van der Waals surface area contributed by atoms with Gasteiger partial charge in [-0.05, 0) is 30.5 Å². The lowest BCUT2D eigenvalue weighted by Crippen LogP contribution is -2.19. The third-order valence-electron chi connectivity index (χ3n) is 4.22. The summed E-state index contributed by atoms with van der Waals surface area (Å²) in [5.74, 6) is 0.433. The van der Waals surface area contributed by atoms with Crippen molar-refractivity contribution in [3.63, 3.8) is 0 Å². The van der Waals surface area contributed by atoms with Gasteiger partial charge in [0.15, 0.2) is 5.65 Å². The molecule has 1 N–H and O–H groups in total. The highest BCUT2D eigenvalue weighted by Crippen LogP contribution is 2.31. The van der Waals surface area contributed by atoms with E-state index in [1.54, 1.807) is 19.1 Å². The number of fused-ring (bicyclic) bond motifs is 1. The van der Waals surface area contributed by atoms with E-state index >= 15 is 0 Å². The lowest BCUT2D eigenvalue weighted by Gasteiger charge is -2.23. The minimum Gasteiger partial charge on any atom is -0.435 e. The highest BCUT2D eigenvalue weighted by Gasteiger charge is 2.25. The molecule has 3 aromatic rings. The van der Waals surface area contributed by atoms with Gasteiger partial charge in [-0.1, -0.05) is 39.8 Å². The van der Waals surface area contributed by atoms with Crippen molar-refractivity contribution in [2.75, 3.05) is 0 Å².